The van der Waals surface area contributed by atoms with Gasteiger partial charge in [-0.3, -0.25) is 9.80 Å². The number of nitrogens with zero attached hydrogens (tertiary/aromatic N) is 1. The molecule has 1 heterocycles. The number of rotatable bonds is 5. The SMILES string of the molecule is CC([NH+](C)C(=O)Cc1ccc(Cl)c(Cl)c1)C(C)(C)N1CCCC1. The number of quaternary nitrogens is 1. The first kappa shape index (κ1) is 18.7. The van der Waals surface area contributed by atoms with Crippen molar-refractivity contribution in [3.8, 4) is 0 Å². The van der Waals surface area contributed by atoms with Crippen molar-refractivity contribution < 1.29 is 9.69 Å². The molecule has 2 atom stereocenters. The quantitative estimate of drug-likeness (QED) is 0.876. The standard InChI is InChI=1S/C18H26Cl2N2O/c1-13(18(2,3)22-9-5-6-10-22)21(4)17(23)12-14-7-8-15(19)16(20)11-14/h7-8,11,13H,5-6,9-10,12H2,1-4H3/p+1. The van der Waals surface area contributed by atoms with Gasteiger partial charge >= 0.3 is 5.91 Å². The Morgan fingerprint density at radius 2 is 1.87 bits per heavy atom. The van der Waals surface area contributed by atoms with Gasteiger partial charge in [0.05, 0.1) is 29.1 Å². The third-order valence-corrected chi connectivity index (χ3v) is 6.16. The lowest BCUT2D eigenvalue weighted by molar-refractivity contribution is -0.831. The first-order valence-electron chi connectivity index (χ1n) is 8.29. The van der Waals surface area contributed by atoms with E-state index < -0.39 is 0 Å². The lowest BCUT2D eigenvalue weighted by atomic mass is 9.92. The van der Waals surface area contributed by atoms with E-state index in [9.17, 15) is 4.79 Å². The summed E-state index contributed by atoms with van der Waals surface area (Å²) in [6.07, 6.45) is 2.89. The molecule has 2 rings (SSSR count). The van der Waals surface area contributed by atoms with Crippen molar-refractivity contribution in [2.45, 2.75) is 51.6 Å². The molecule has 2 unspecified atom stereocenters. The molecule has 0 saturated carbocycles. The Kier molecular flexibility index (Phi) is 6.12. The zero-order valence-electron chi connectivity index (χ0n) is 14.5. The number of benzene rings is 1. The van der Waals surface area contributed by atoms with Crippen LogP contribution in [0.15, 0.2) is 18.2 Å². The normalized spacial score (nSPS) is 18.9. The number of halogens is 2. The van der Waals surface area contributed by atoms with Crippen molar-refractivity contribution in [2.24, 2.45) is 0 Å². The highest BCUT2D eigenvalue weighted by Crippen LogP contribution is 2.24. The van der Waals surface area contributed by atoms with E-state index in [-0.39, 0.29) is 17.5 Å². The van der Waals surface area contributed by atoms with Gasteiger partial charge in [0.25, 0.3) is 0 Å². The van der Waals surface area contributed by atoms with Crippen LogP contribution in [0, 0.1) is 0 Å². The highest BCUT2D eigenvalue weighted by atomic mass is 35.5. The molecule has 1 fully saturated rings. The molecule has 1 N–H and O–H groups in total. The maximum atomic E-state index is 12.7. The van der Waals surface area contributed by atoms with Crippen molar-refractivity contribution in [1.82, 2.24) is 4.90 Å². The highest BCUT2D eigenvalue weighted by molar-refractivity contribution is 6.42. The number of likely N-dealkylation sites (tertiary alicyclic amines) is 1. The van der Waals surface area contributed by atoms with Crippen LogP contribution in [0.4, 0.5) is 0 Å². The number of likely N-dealkylation sites (N-methyl/N-ethyl adjacent to an activating group) is 1. The second-order valence-corrected chi connectivity index (χ2v) is 7.92. The maximum absolute atomic E-state index is 12.7. The minimum Gasteiger partial charge on any atom is -0.293 e. The van der Waals surface area contributed by atoms with E-state index in [1.165, 1.54) is 12.8 Å². The largest absolute Gasteiger partial charge is 0.316 e. The van der Waals surface area contributed by atoms with E-state index in [0.717, 1.165) is 23.6 Å². The van der Waals surface area contributed by atoms with E-state index >= 15 is 0 Å². The Balaban J connectivity index is 2.04. The van der Waals surface area contributed by atoms with E-state index in [0.29, 0.717) is 16.5 Å². The Morgan fingerprint density at radius 3 is 2.43 bits per heavy atom. The third-order valence-electron chi connectivity index (χ3n) is 5.42. The lowest BCUT2D eigenvalue weighted by Crippen LogP contribution is -3.17. The van der Waals surface area contributed by atoms with E-state index in [2.05, 4.69) is 25.7 Å². The molecule has 23 heavy (non-hydrogen) atoms. The molecule has 1 aliphatic heterocycles. The second-order valence-electron chi connectivity index (χ2n) is 7.10. The second kappa shape index (κ2) is 7.52. The Labute approximate surface area is 149 Å². The molecule has 0 aromatic heterocycles. The Hall–Kier alpha value is -0.610. The molecular formula is C18H27Cl2N2O+. The number of carbonyl (C=O) groups excluding carboxylic acids is 1. The molecule has 3 nitrogen and oxygen atoms in total. The summed E-state index contributed by atoms with van der Waals surface area (Å²) < 4.78 is 0. The van der Waals surface area contributed by atoms with Crippen LogP contribution >= 0.6 is 23.2 Å². The molecule has 1 aliphatic rings. The fourth-order valence-electron chi connectivity index (χ4n) is 3.31. The van der Waals surface area contributed by atoms with Gasteiger partial charge in [0.15, 0.2) is 0 Å². The van der Waals surface area contributed by atoms with Crippen molar-refractivity contribution >= 4 is 29.1 Å². The van der Waals surface area contributed by atoms with Crippen LogP contribution in [0.1, 0.15) is 39.2 Å². The van der Waals surface area contributed by atoms with Gasteiger partial charge < -0.3 is 0 Å². The predicted octanol–water partition coefficient (Wildman–Crippen LogP) is 2.84. The predicted molar refractivity (Wildman–Crippen MR) is 96.4 cm³/mol. The van der Waals surface area contributed by atoms with Crippen LogP contribution in [-0.2, 0) is 11.2 Å². The Morgan fingerprint density at radius 1 is 1.26 bits per heavy atom. The van der Waals surface area contributed by atoms with Gasteiger partial charge in [-0.05, 0) is 64.4 Å². The molecule has 0 spiro atoms. The molecule has 5 heteroatoms. The molecule has 1 aromatic rings. The van der Waals surface area contributed by atoms with Gasteiger partial charge in [-0.2, -0.15) is 0 Å². The highest BCUT2D eigenvalue weighted by Gasteiger charge is 2.40. The van der Waals surface area contributed by atoms with Crippen molar-refractivity contribution in [3.63, 3.8) is 0 Å². The zero-order valence-corrected chi connectivity index (χ0v) is 16.0. The first-order valence-corrected chi connectivity index (χ1v) is 9.04. The summed E-state index contributed by atoms with van der Waals surface area (Å²) in [6.45, 7) is 8.93. The zero-order chi connectivity index (χ0) is 17.2. The average Bonchev–Trinajstić information content (AvgIpc) is 3.04. The van der Waals surface area contributed by atoms with Crippen LogP contribution in [0.3, 0.4) is 0 Å². The van der Waals surface area contributed by atoms with Gasteiger partial charge in [0, 0.05) is 0 Å². The average molecular weight is 358 g/mol. The molecule has 1 amide bonds. The van der Waals surface area contributed by atoms with Crippen LogP contribution in [-0.4, -0.2) is 42.5 Å². The van der Waals surface area contributed by atoms with Crippen molar-refractivity contribution in [1.29, 1.82) is 0 Å². The van der Waals surface area contributed by atoms with Crippen LogP contribution in [0.2, 0.25) is 10.0 Å². The molecule has 0 aliphatic carbocycles. The monoisotopic (exact) mass is 357 g/mol. The summed E-state index contributed by atoms with van der Waals surface area (Å²) in [7, 11) is 1.97. The number of amides is 1. The summed E-state index contributed by atoms with van der Waals surface area (Å²) in [6, 6.07) is 5.62. The van der Waals surface area contributed by atoms with Crippen molar-refractivity contribution in [2.75, 3.05) is 20.1 Å². The molecule has 1 aromatic carbocycles. The minimum absolute atomic E-state index is 0.00782. The third kappa shape index (κ3) is 4.27. The van der Waals surface area contributed by atoms with E-state index in [1.54, 1.807) is 12.1 Å². The van der Waals surface area contributed by atoms with Crippen LogP contribution < -0.4 is 4.90 Å². The smallest absolute Gasteiger partial charge is 0.293 e. The summed E-state index contributed by atoms with van der Waals surface area (Å²) in [5.74, 6) is 0.183. The van der Waals surface area contributed by atoms with Crippen molar-refractivity contribution in [3.05, 3.63) is 33.8 Å². The van der Waals surface area contributed by atoms with Gasteiger partial charge in [0.2, 0.25) is 0 Å². The first-order chi connectivity index (χ1) is 10.7. The molecule has 0 radical (unpaired) electrons. The fourth-order valence-corrected chi connectivity index (χ4v) is 3.63. The fraction of sp³-hybridized carbons (Fsp3) is 0.611. The maximum Gasteiger partial charge on any atom is 0.316 e. The molecule has 0 bridgehead atoms. The van der Waals surface area contributed by atoms with Gasteiger partial charge in [-0.25, -0.2) is 4.79 Å². The molecule has 128 valence electrons. The van der Waals surface area contributed by atoms with Crippen LogP contribution in [0.5, 0.6) is 0 Å². The topological polar surface area (TPSA) is 24.8 Å². The summed E-state index contributed by atoms with van der Waals surface area (Å²) in [5, 5.41) is 1.02. The lowest BCUT2D eigenvalue weighted by Gasteiger charge is -2.41. The van der Waals surface area contributed by atoms with E-state index in [4.69, 9.17) is 23.2 Å². The van der Waals surface area contributed by atoms with Crippen LogP contribution in [0.25, 0.3) is 0 Å². The molecule has 1 saturated heterocycles. The Bertz CT molecular complexity index is 568. The summed E-state index contributed by atoms with van der Waals surface area (Å²) in [4.78, 5) is 16.1. The number of nitrogens with one attached hydrogen (secondary N) is 1. The minimum atomic E-state index is 0.00782. The van der Waals surface area contributed by atoms with E-state index in [1.807, 2.05) is 13.1 Å². The van der Waals surface area contributed by atoms with Gasteiger partial charge in [-0.1, -0.05) is 29.3 Å². The number of carbonyl (C=O) groups is 1. The molecular weight excluding hydrogens is 331 g/mol. The number of hydrogen-bond donors (Lipinski definition) is 1. The summed E-state index contributed by atoms with van der Waals surface area (Å²) >= 11 is 12.0. The van der Waals surface area contributed by atoms with Gasteiger partial charge in [-0.15, -0.1) is 0 Å². The van der Waals surface area contributed by atoms with Gasteiger partial charge in [0.1, 0.15) is 6.04 Å². The number of hydrogen-bond acceptors (Lipinski definition) is 2. The summed E-state index contributed by atoms with van der Waals surface area (Å²) in [5.41, 5.74) is 0.920.